The maximum absolute atomic E-state index is 12.2. The topological polar surface area (TPSA) is 92.6 Å². The Bertz CT molecular complexity index is 855. The molecule has 0 heterocycles. The highest BCUT2D eigenvalue weighted by Gasteiger charge is 2.10. The van der Waals surface area contributed by atoms with Crippen LogP contribution in [0.5, 0.6) is 17.2 Å². The van der Waals surface area contributed by atoms with Gasteiger partial charge in [0.1, 0.15) is 28.9 Å². The molecule has 0 saturated carbocycles. The summed E-state index contributed by atoms with van der Waals surface area (Å²) < 4.78 is 15.5. The third-order valence-electron chi connectivity index (χ3n) is 3.76. The van der Waals surface area contributed by atoms with Crippen molar-refractivity contribution in [2.75, 3.05) is 26.6 Å². The van der Waals surface area contributed by atoms with E-state index >= 15 is 0 Å². The lowest BCUT2D eigenvalue weighted by molar-refractivity contribution is -0.117. The smallest absolute Gasteiger partial charge is 0.263 e. The van der Waals surface area contributed by atoms with Gasteiger partial charge >= 0.3 is 0 Å². The van der Waals surface area contributed by atoms with Crippen LogP contribution in [-0.4, -0.2) is 27.2 Å². The summed E-state index contributed by atoms with van der Waals surface area (Å²) in [7, 11) is 4.67. The number of nitriles is 1. The van der Waals surface area contributed by atoms with E-state index in [1.54, 1.807) is 44.6 Å². The molecule has 0 atom stereocenters. The molecule has 0 aromatic heterocycles. The lowest BCUT2D eigenvalue weighted by Crippen LogP contribution is -2.24. The number of ether oxygens (including phenoxy) is 3. The van der Waals surface area contributed by atoms with Crippen molar-refractivity contribution in [3.63, 3.8) is 0 Å². The number of hydrogen-bond donors (Lipinski definition) is 2. The van der Waals surface area contributed by atoms with Gasteiger partial charge in [-0.2, -0.15) is 5.26 Å². The van der Waals surface area contributed by atoms with Crippen molar-refractivity contribution >= 4 is 11.6 Å². The van der Waals surface area contributed by atoms with Crippen LogP contribution in [0.15, 0.2) is 54.2 Å². The van der Waals surface area contributed by atoms with Crippen LogP contribution in [0.2, 0.25) is 0 Å². The molecule has 2 aromatic rings. The van der Waals surface area contributed by atoms with Gasteiger partial charge in [0.05, 0.1) is 27.0 Å². The maximum atomic E-state index is 12.2. The molecule has 0 spiro atoms. The van der Waals surface area contributed by atoms with Crippen LogP contribution in [0, 0.1) is 11.3 Å². The molecule has 27 heavy (non-hydrogen) atoms. The molecule has 7 nitrogen and oxygen atoms in total. The Kier molecular flexibility index (Phi) is 7.08. The molecule has 2 rings (SSSR count). The average Bonchev–Trinajstić information content (AvgIpc) is 2.72. The number of amides is 1. The van der Waals surface area contributed by atoms with E-state index in [1.807, 2.05) is 18.2 Å². The number of nitrogens with one attached hydrogen (secondary N) is 2. The highest BCUT2D eigenvalue weighted by molar-refractivity contribution is 5.97. The normalized spacial score (nSPS) is 10.5. The lowest BCUT2D eigenvalue weighted by Gasteiger charge is -2.10. The maximum Gasteiger partial charge on any atom is 0.263 e. The van der Waals surface area contributed by atoms with Crippen molar-refractivity contribution < 1.29 is 19.0 Å². The van der Waals surface area contributed by atoms with Gasteiger partial charge in [-0.15, -0.1) is 0 Å². The zero-order valence-electron chi connectivity index (χ0n) is 15.4. The van der Waals surface area contributed by atoms with E-state index in [2.05, 4.69) is 10.6 Å². The molecule has 1 amide bonds. The monoisotopic (exact) mass is 367 g/mol. The second-order valence-corrected chi connectivity index (χ2v) is 5.41. The van der Waals surface area contributed by atoms with Gasteiger partial charge < -0.3 is 24.8 Å². The second kappa shape index (κ2) is 9.73. The third-order valence-corrected chi connectivity index (χ3v) is 3.76. The summed E-state index contributed by atoms with van der Waals surface area (Å²) >= 11 is 0. The van der Waals surface area contributed by atoms with E-state index in [1.165, 1.54) is 13.3 Å². The SMILES string of the molecule is COc1ccc(CNC(=O)/C(C#N)=C\Nc2ccc(OC)cc2OC)cc1. The van der Waals surface area contributed by atoms with Crippen molar-refractivity contribution in [2.24, 2.45) is 0 Å². The molecule has 0 unspecified atom stereocenters. The van der Waals surface area contributed by atoms with Gasteiger partial charge in [-0.05, 0) is 29.8 Å². The quantitative estimate of drug-likeness (QED) is 0.551. The molecule has 2 aromatic carbocycles. The number of carbonyl (C=O) groups is 1. The van der Waals surface area contributed by atoms with Crippen molar-refractivity contribution in [2.45, 2.75) is 6.54 Å². The molecule has 7 heteroatoms. The minimum Gasteiger partial charge on any atom is -0.497 e. The minimum absolute atomic E-state index is 0.0543. The average molecular weight is 367 g/mol. The fourth-order valence-corrected chi connectivity index (χ4v) is 2.24. The number of rotatable bonds is 8. The Hall–Kier alpha value is -3.66. The van der Waals surface area contributed by atoms with Gasteiger partial charge in [-0.1, -0.05) is 12.1 Å². The van der Waals surface area contributed by atoms with Crippen molar-refractivity contribution in [3.05, 3.63) is 59.8 Å². The van der Waals surface area contributed by atoms with Gasteiger partial charge in [0.2, 0.25) is 0 Å². The van der Waals surface area contributed by atoms with Crippen LogP contribution in [0.25, 0.3) is 0 Å². The second-order valence-electron chi connectivity index (χ2n) is 5.41. The van der Waals surface area contributed by atoms with Gasteiger partial charge in [-0.25, -0.2) is 0 Å². The molecular formula is C20H21N3O4. The molecule has 140 valence electrons. The molecule has 0 bridgehead atoms. The van der Waals surface area contributed by atoms with Crippen LogP contribution < -0.4 is 24.8 Å². The molecule has 0 radical (unpaired) electrons. The molecule has 0 saturated heterocycles. The Morgan fingerprint density at radius 2 is 1.70 bits per heavy atom. The standard InChI is InChI=1S/C20H21N3O4/c1-25-16-6-4-14(5-7-16)12-23-20(24)15(11-21)13-22-18-9-8-17(26-2)10-19(18)27-3/h4-10,13,22H,12H2,1-3H3,(H,23,24)/b15-13-. The summed E-state index contributed by atoms with van der Waals surface area (Å²) in [6.45, 7) is 0.299. The zero-order chi connectivity index (χ0) is 19.6. The van der Waals surface area contributed by atoms with Gasteiger partial charge in [0.15, 0.2) is 0 Å². The van der Waals surface area contributed by atoms with E-state index in [0.717, 1.165) is 11.3 Å². The van der Waals surface area contributed by atoms with E-state index < -0.39 is 5.91 Å². The van der Waals surface area contributed by atoms with Crippen LogP contribution in [0.3, 0.4) is 0 Å². The Morgan fingerprint density at radius 1 is 1.04 bits per heavy atom. The van der Waals surface area contributed by atoms with Gasteiger partial charge in [0.25, 0.3) is 5.91 Å². The first-order valence-electron chi connectivity index (χ1n) is 8.11. The van der Waals surface area contributed by atoms with Crippen LogP contribution in [-0.2, 0) is 11.3 Å². The summed E-state index contributed by atoms with van der Waals surface area (Å²) in [5.41, 5.74) is 1.45. The molecule has 0 fully saturated rings. The van der Waals surface area contributed by atoms with Crippen LogP contribution >= 0.6 is 0 Å². The van der Waals surface area contributed by atoms with Gasteiger partial charge in [0, 0.05) is 18.8 Å². The number of hydrogen-bond acceptors (Lipinski definition) is 6. The lowest BCUT2D eigenvalue weighted by atomic mass is 10.2. The first-order valence-corrected chi connectivity index (χ1v) is 8.11. The highest BCUT2D eigenvalue weighted by atomic mass is 16.5. The number of anilines is 1. The Morgan fingerprint density at radius 3 is 2.30 bits per heavy atom. The molecule has 0 aliphatic heterocycles. The summed E-state index contributed by atoms with van der Waals surface area (Å²) in [4.78, 5) is 12.2. The van der Waals surface area contributed by atoms with E-state index in [9.17, 15) is 10.1 Å². The first kappa shape index (κ1) is 19.7. The summed E-state index contributed by atoms with van der Waals surface area (Å²) in [5.74, 6) is 1.43. The number of methoxy groups -OCH3 is 3. The minimum atomic E-state index is -0.478. The van der Waals surface area contributed by atoms with Crippen LogP contribution in [0.1, 0.15) is 5.56 Å². The molecule has 2 N–H and O–H groups in total. The molecular weight excluding hydrogens is 346 g/mol. The van der Waals surface area contributed by atoms with E-state index in [-0.39, 0.29) is 5.57 Å². The summed E-state index contributed by atoms with van der Waals surface area (Å²) in [6.07, 6.45) is 1.34. The van der Waals surface area contributed by atoms with E-state index in [0.29, 0.717) is 23.7 Å². The number of benzene rings is 2. The highest BCUT2D eigenvalue weighted by Crippen LogP contribution is 2.29. The molecule has 0 aliphatic carbocycles. The summed E-state index contributed by atoms with van der Waals surface area (Å²) in [5, 5.41) is 14.9. The van der Waals surface area contributed by atoms with Crippen molar-refractivity contribution in [1.29, 1.82) is 5.26 Å². The third kappa shape index (κ3) is 5.41. The van der Waals surface area contributed by atoms with Crippen molar-refractivity contribution in [3.8, 4) is 23.3 Å². The number of carbonyl (C=O) groups excluding carboxylic acids is 1. The van der Waals surface area contributed by atoms with E-state index in [4.69, 9.17) is 14.2 Å². The predicted molar refractivity (Wildman–Crippen MR) is 102 cm³/mol. The molecule has 0 aliphatic rings. The van der Waals surface area contributed by atoms with Gasteiger partial charge in [-0.3, -0.25) is 4.79 Å². The number of nitrogens with zero attached hydrogens (tertiary/aromatic N) is 1. The largest absolute Gasteiger partial charge is 0.497 e. The first-order chi connectivity index (χ1) is 13.1. The predicted octanol–water partition coefficient (Wildman–Crippen LogP) is 2.85. The Balaban J connectivity index is 2.02. The fourth-order valence-electron chi connectivity index (χ4n) is 2.24. The zero-order valence-corrected chi connectivity index (χ0v) is 15.4. The van der Waals surface area contributed by atoms with Crippen LogP contribution in [0.4, 0.5) is 5.69 Å². The fraction of sp³-hybridized carbons (Fsp3) is 0.200. The van der Waals surface area contributed by atoms with Crippen molar-refractivity contribution in [1.82, 2.24) is 5.32 Å². The summed E-state index contributed by atoms with van der Waals surface area (Å²) in [6, 6.07) is 14.4. The Labute approximate surface area is 158 Å².